The first-order chi connectivity index (χ1) is 14.0. The number of carbonyl (C=O) groups is 2. The van der Waals surface area contributed by atoms with Gasteiger partial charge in [-0.25, -0.2) is 14.6 Å². The van der Waals surface area contributed by atoms with Crippen LogP contribution in [0.3, 0.4) is 0 Å². The van der Waals surface area contributed by atoms with E-state index in [1.165, 1.54) is 12.3 Å². The Morgan fingerprint density at radius 2 is 2.00 bits per heavy atom. The molecule has 0 radical (unpaired) electrons. The van der Waals surface area contributed by atoms with Crippen molar-refractivity contribution in [1.29, 1.82) is 0 Å². The number of hydrogen-bond acceptors (Lipinski definition) is 6. The van der Waals surface area contributed by atoms with Gasteiger partial charge in [-0.2, -0.15) is 0 Å². The maximum atomic E-state index is 12.5. The van der Waals surface area contributed by atoms with Crippen molar-refractivity contribution in [3.05, 3.63) is 93.5 Å². The average Bonchev–Trinajstić information content (AvgIpc) is 3.34. The molecule has 29 heavy (non-hydrogen) atoms. The summed E-state index contributed by atoms with van der Waals surface area (Å²) in [6, 6.07) is 15.5. The van der Waals surface area contributed by atoms with E-state index in [1.807, 2.05) is 13.0 Å². The lowest BCUT2D eigenvalue weighted by molar-refractivity contribution is -0.130. The van der Waals surface area contributed by atoms with Crippen LogP contribution in [0.15, 0.2) is 80.4 Å². The van der Waals surface area contributed by atoms with E-state index in [0.29, 0.717) is 22.6 Å². The van der Waals surface area contributed by atoms with Gasteiger partial charge < -0.3 is 13.9 Å². The Hall–Kier alpha value is -3.45. The van der Waals surface area contributed by atoms with Crippen molar-refractivity contribution in [3.63, 3.8) is 0 Å². The highest BCUT2D eigenvalue weighted by atomic mass is 79.9. The minimum atomic E-state index is -0.618. The quantitative estimate of drug-likeness (QED) is 0.319. The number of furan rings is 1. The first kappa shape index (κ1) is 18.9. The number of ether oxygens (including phenoxy) is 2. The summed E-state index contributed by atoms with van der Waals surface area (Å²) in [5.41, 5.74) is 1.95. The van der Waals surface area contributed by atoms with E-state index in [0.717, 1.165) is 10.0 Å². The van der Waals surface area contributed by atoms with Crippen LogP contribution in [-0.2, 0) is 9.53 Å². The van der Waals surface area contributed by atoms with E-state index in [1.54, 1.807) is 48.5 Å². The van der Waals surface area contributed by atoms with Crippen LogP contribution in [0, 0.1) is 6.92 Å². The molecule has 144 valence electrons. The summed E-state index contributed by atoms with van der Waals surface area (Å²) in [7, 11) is 0. The molecule has 1 aliphatic rings. The van der Waals surface area contributed by atoms with E-state index >= 15 is 0 Å². The van der Waals surface area contributed by atoms with Gasteiger partial charge in [-0.15, -0.1) is 0 Å². The predicted octanol–water partition coefficient (Wildman–Crippen LogP) is 4.91. The third-order valence-electron chi connectivity index (χ3n) is 4.07. The molecule has 0 fully saturated rings. The molecule has 1 aliphatic heterocycles. The van der Waals surface area contributed by atoms with Crippen molar-refractivity contribution < 1.29 is 23.5 Å². The minimum Gasteiger partial charge on any atom is -0.459 e. The highest BCUT2D eigenvalue weighted by Crippen LogP contribution is 2.28. The molecule has 6 nitrogen and oxygen atoms in total. The third-order valence-corrected chi connectivity index (χ3v) is 4.57. The number of aliphatic imine (C=N–C) groups is 1. The molecule has 7 heteroatoms. The van der Waals surface area contributed by atoms with Gasteiger partial charge >= 0.3 is 11.9 Å². The third kappa shape index (κ3) is 4.20. The first-order valence-corrected chi connectivity index (χ1v) is 9.44. The summed E-state index contributed by atoms with van der Waals surface area (Å²) >= 11 is 3.39. The van der Waals surface area contributed by atoms with E-state index in [-0.39, 0.29) is 11.6 Å². The van der Waals surface area contributed by atoms with Crippen LogP contribution in [0.25, 0.3) is 6.08 Å². The molecular weight excluding hydrogens is 438 g/mol. The highest BCUT2D eigenvalue weighted by Gasteiger charge is 2.26. The van der Waals surface area contributed by atoms with Gasteiger partial charge in [0, 0.05) is 10.0 Å². The SMILES string of the molecule is Cc1cccc(C(=O)Oc2ccc(Br)cc2/C=C2/N=C(c3ccco3)OC2=O)c1. The Balaban J connectivity index is 1.66. The Morgan fingerprint density at radius 1 is 1.14 bits per heavy atom. The largest absolute Gasteiger partial charge is 0.459 e. The topological polar surface area (TPSA) is 78.1 Å². The number of carbonyl (C=O) groups excluding carboxylic acids is 2. The Morgan fingerprint density at radius 3 is 2.76 bits per heavy atom. The smallest absolute Gasteiger partial charge is 0.363 e. The van der Waals surface area contributed by atoms with Crippen molar-refractivity contribution in [2.45, 2.75) is 6.92 Å². The highest BCUT2D eigenvalue weighted by molar-refractivity contribution is 9.10. The molecule has 0 unspecified atom stereocenters. The standard InChI is InChI=1S/C22H14BrNO5/c1-13-4-2-5-14(10-13)21(25)28-18-8-7-16(23)11-15(18)12-17-22(26)29-20(24-17)19-6-3-9-27-19/h2-12H,1H3/b17-12+. The maximum absolute atomic E-state index is 12.5. The number of esters is 2. The number of hydrogen-bond donors (Lipinski definition) is 0. The fourth-order valence-electron chi connectivity index (χ4n) is 2.72. The molecule has 2 heterocycles. The van der Waals surface area contributed by atoms with Gasteiger partial charge in [0.15, 0.2) is 11.5 Å². The number of cyclic esters (lactones) is 1. The molecule has 0 saturated carbocycles. The van der Waals surface area contributed by atoms with Crippen molar-refractivity contribution in [3.8, 4) is 5.75 Å². The van der Waals surface area contributed by atoms with Crippen molar-refractivity contribution >= 4 is 39.8 Å². The molecular formula is C22H14BrNO5. The van der Waals surface area contributed by atoms with Crippen LogP contribution < -0.4 is 4.74 Å². The average molecular weight is 452 g/mol. The van der Waals surface area contributed by atoms with Crippen LogP contribution in [0.4, 0.5) is 0 Å². The molecule has 4 rings (SSSR count). The number of benzene rings is 2. The summed E-state index contributed by atoms with van der Waals surface area (Å²) in [5.74, 6) is -0.389. The minimum absolute atomic E-state index is 0.0716. The fourth-order valence-corrected chi connectivity index (χ4v) is 3.10. The first-order valence-electron chi connectivity index (χ1n) is 8.64. The van der Waals surface area contributed by atoms with Gasteiger partial charge in [0.1, 0.15) is 5.75 Å². The molecule has 0 N–H and O–H groups in total. The van der Waals surface area contributed by atoms with Crippen LogP contribution in [0.1, 0.15) is 27.2 Å². The van der Waals surface area contributed by atoms with E-state index < -0.39 is 11.9 Å². The van der Waals surface area contributed by atoms with E-state index in [4.69, 9.17) is 13.9 Å². The van der Waals surface area contributed by atoms with Gasteiger partial charge in [0.25, 0.3) is 5.90 Å². The van der Waals surface area contributed by atoms with Crippen molar-refractivity contribution in [2.75, 3.05) is 0 Å². The molecule has 2 aromatic carbocycles. The van der Waals surface area contributed by atoms with Crippen LogP contribution in [0.2, 0.25) is 0 Å². The second-order valence-electron chi connectivity index (χ2n) is 6.25. The Kier molecular flexibility index (Phi) is 5.14. The monoisotopic (exact) mass is 451 g/mol. The second-order valence-corrected chi connectivity index (χ2v) is 7.17. The van der Waals surface area contributed by atoms with Gasteiger partial charge in [0.2, 0.25) is 0 Å². The second kappa shape index (κ2) is 7.89. The lowest BCUT2D eigenvalue weighted by atomic mass is 10.1. The number of rotatable bonds is 4. The lowest BCUT2D eigenvalue weighted by Gasteiger charge is -2.09. The zero-order valence-electron chi connectivity index (χ0n) is 15.2. The van der Waals surface area contributed by atoms with Gasteiger partial charge in [-0.05, 0) is 55.5 Å². The zero-order valence-corrected chi connectivity index (χ0v) is 16.8. The molecule has 0 amide bonds. The van der Waals surface area contributed by atoms with Crippen molar-refractivity contribution in [2.24, 2.45) is 4.99 Å². The summed E-state index contributed by atoms with van der Waals surface area (Å²) in [4.78, 5) is 28.9. The van der Waals surface area contributed by atoms with Crippen LogP contribution in [0.5, 0.6) is 5.75 Å². The van der Waals surface area contributed by atoms with Crippen molar-refractivity contribution in [1.82, 2.24) is 0 Å². The van der Waals surface area contributed by atoms with Crippen LogP contribution in [-0.4, -0.2) is 17.8 Å². The number of aryl methyl sites for hydroxylation is 1. The van der Waals surface area contributed by atoms with Crippen LogP contribution >= 0.6 is 15.9 Å². The molecule has 0 aliphatic carbocycles. The van der Waals surface area contributed by atoms with Gasteiger partial charge in [-0.1, -0.05) is 33.6 Å². The number of nitrogens with zero attached hydrogens (tertiary/aromatic N) is 1. The lowest BCUT2D eigenvalue weighted by Crippen LogP contribution is -2.09. The Labute approximate surface area is 174 Å². The molecule has 0 bridgehead atoms. The maximum Gasteiger partial charge on any atom is 0.363 e. The molecule has 0 saturated heterocycles. The zero-order chi connectivity index (χ0) is 20.4. The molecule has 0 atom stereocenters. The summed E-state index contributed by atoms with van der Waals surface area (Å²) in [5, 5.41) is 0. The predicted molar refractivity (Wildman–Crippen MR) is 110 cm³/mol. The Bertz CT molecular complexity index is 1160. The van der Waals surface area contributed by atoms with Gasteiger partial charge in [0.05, 0.1) is 11.8 Å². The van der Waals surface area contributed by atoms with E-state index in [2.05, 4.69) is 20.9 Å². The number of halogens is 1. The summed E-state index contributed by atoms with van der Waals surface area (Å²) in [6.45, 7) is 1.90. The van der Waals surface area contributed by atoms with Gasteiger partial charge in [-0.3, -0.25) is 0 Å². The van der Waals surface area contributed by atoms with E-state index in [9.17, 15) is 9.59 Å². The summed E-state index contributed by atoms with van der Waals surface area (Å²) in [6.07, 6.45) is 2.96. The summed E-state index contributed by atoms with van der Waals surface area (Å²) < 4.78 is 16.7. The normalized spacial score (nSPS) is 14.6. The molecule has 1 aromatic heterocycles. The molecule has 3 aromatic rings. The fraction of sp³-hybridized carbons (Fsp3) is 0.0455. The molecule has 0 spiro atoms.